The van der Waals surface area contributed by atoms with E-state index in [4.69, 9.17) is 27.9 Å². The van der Waals surface area contributed by atoms with Gasteiger partial charge in [-0.05, 0) is 82.4 Å². The quantitative estimate of drug-likeness (QED) is 0.284. The highest BCUT2D eigenvalue weighted by molar-refractivity contribution is 6.42. The first kappa shape index (κ1) is 33.0. The average Bonchev–Trinajstić information content (AvgIpc) is 3.47. The molecule has 2 aromatic carbocycles. The van der Waals surface area contributed by atoms with E-state index in [1.807, 2.05) is 74.3 Å². The fraction of sp³-hybridized carbons (Fsp3) is 0.471. The zero-order valence-corrected chi connectivity index (χ0v) is 28.2. The van der Waals surface area contributed by atoms with Crippen molar-refractivity contribution in [2.45, 2.75) is 78.1 Å². The summed E-state index contributed by atoms with van der Waals surface area (Å²) in [5, 5.41) is 10.00. The van der Waals surface area contributed by atoms with Crippen molar-refractivity contribution >= 4 is 40.8 Å². The number of hydrogen-bond donors (Lipinski definition) is 0. The summed E-state index contributed by atoms with van der Waals surface area (Å²) < 4.78 is 7.40. The molecule has 1 aromatic heterocycles. The number of rotatable bonds is 7. The molecule has 0 bridgehead atoms. The number of ether oxygens (including phenoxy) is 1. The van der Waals surface area contributed by atoms with Crippen LogP contribution in [-0.2, 0) is 22.5 Å². The summed E-state index contributed by atoms with van der Waals surface area (Å²) in [5.41, 5.74) is 4.51. The lowest BCUT2D eigenvalue weighted by Gasteiger charge is -2.44. The molecule has 0 saturated carbocycles. The maximum Gasteiger partial charge on any atom is 0.410 e. The van der Waals surface area contributed by atoms with Gasteiger partial charge in [-0.25, -0.2) is 9.48 Å². The van der Waals surface area contributed by atoms with Gasteiger partial charge in [-0.1, -0.05) is 58.8 Å². The highest BCUT2D eigenvalue weighted by Gasteiger charge is 2.34. The third-order valence-corrected chi connectivity index (χ3v) is 9.08. The van der Waals surface area contributed by atoms with Crippen molar-refractivity contribution < 1.29 is 14.3 Å². The van der Waals surface area contributed by atoms with Gasteiger partial charge >= 0.3 is 6.09 Å². The third-order valence-electron chi connectivity index (χ3n) is 8.34. The molecule has 9 nitrogen and oxygen atoms in total. The van der Waals surface area contributed by atoms with Gasteiger partial charge in [0.15, 0.2) is 0 Å². The van der Waals surface area contributed by atoms with Crippen LogP contribution in [0.1, 0.15) is 64.3 Å². The van der Waals surface area contributed by atoms with E-state index in [0.29, 0.717) is 55.6 Å². The number of nitrogens with zero attached hydrogens (tertiary/aromatic N) is 6. The molecule has 45 heavy (non-hydrogen) atoms. The zero-order chi connectivity index (χ0) is 32.3. The first-order valence-electron chi connectivity index (χ1n) is 15.5. The summed E-state index contributed by atoms with van der Waals surface area (Å²) in [6.07, 6.45) is 5.57. The van der Waals surface area contributed by atoms with Crippen LogP contribution in [0.2, 0.25) is 10.0 Å². The topological polar surface area (TPSA) is 83.8 Å². The molecule has 2 atom stereocenters. The molecule has 2 aliphatic heterocycles. The summed E-state index contributed by atoms with van der Waals surface area (Å²) in [6.45, 7) is 12.9. The van der Waals surface area contributed by atoms with E-state index in [1.165, 1.54) is 5.57 Å². The Morgan fingerprint density at radius 3 is 2.40 bits per heavy atom. The number of carbonyl (C=O) groups is 2. The van der Waals surface area contributed by atoms with Crippen LogP contribution in [-0.4, -0.2) is 85.6 Å². The number of piperazine rings is 1. The predicted octanol–water partition coefficient (Wildman–Crippen LogP) is 6.65. The molecule has 1 saturated heterocycles. The first-order chi connectivity index (χ1) is 21.4. The fourth-order valence-corrected chi connectivity index (χ4v) is 6.32. The van der Waals surface area contributed by atoms with Crippen LogP contribution in [0.5, 0.6) is 0 Å². The molecule has 1 fully saturated rings. The highest BCUT2D eigenvalue weighted by Crippen LogP contribution is 2.29. The number of amides is 2. The summed E-state index contributed by atoms with van der Waals surface area (Å²) in [7, 11) is 0. The molecule has 2 amide bonds. The number of para-hydroxylation sites is 1. The van der Waals surface area contributed by atoms with E-state index in [0.717, 1.165) is 28.9 Å². The lowest BCUT2D eigenvalue weighted by atomic mass is 9.99. The normalized spacial score (nSPS) is 19.4. The minimum Gasteiger partial charge on any atom is -0.444 e. The molecule has 3 heterocycles. The van der Waals surface area contributed by atoms with Gasteiger partial charge in [-0.15, -0.1) is 5.10 Å². The van der Waals surface area contributed by atoms with E-state index < -0.39 is 5.60 Å². The van der Waals surface area contributed by atoms with Crippen molar-refractivity contribution in [2.24, 2.45) is 0 Å². The van der Waals surface area contributed by atoms with E-state index in [-0.39, 0.29) is 24.1 Å². The summed E-state index contributed by atoms with van der Waals surface area (Å²) in [6, 6.07) is 13.9. The Labute approximate surface area is 275 Å². The van der Waals surface area contributed by atoms with Crippen molar-refractivity contribution in [2.75, 3.05) is 26.2 Å². The summed E-state index contributed by atoms with van der Waals surface area (Å²) in [5.74, 6) is 0.127. The Kier molecular flexibility index (Phi) is 10.2. The lowest BCUT2D eigenvalue weighted by Crippen LogP contribution is -2.58. The van der Waals surface area contributed by atoms with Crippen LogP contribution in [0.3, 0.4) is 0 Å². The minimum atomic E-state index is -0.522. The second-order valence-corrected chi connectivity index (χ2v) is 13.8. The van der Waals surface area contributed by atoms with Crippen molar-refractivity contribution in [3.8, 4) is 5.69 Å². The Morgan fingerprint density at radius 1 is 1.00 bits per heavy atom. The fourth-order valence-electron chi connectivity index (χ4n) is 6.02. The van der Waals surface area contributed by atoms with Gasteiger partial charge in [0, 0.05) is 51.2 Å². The number of aromatic nitrogens is 3. The van der Waals surface area contributed by atoms with Gasteiger partial charge in [-0.3, -0.25) is 9.69 Å². The Balaban J connectivity index is 1.18. The van der Waals surface area contributed by atoms with Gasteiger partial charge in [0.2, 0.25) is 5.91 Å². The minimum absolute atomic E-state index is 0.127. The monoisotopic (exact) mass is 652 g/mol. The molecular weight excluding hydrogens is 611 g/mol. The maximum atomic E-state index is 13.2. The van der Waals surface area contributed by atoms with Crippen LogP contribution in [0.4, 0.5) is 4.79 Å². The van der Waals surface area contributed by atoms with E-state index >= 15 is 0 Å². The number of hydrogen-bond acceptors (Lipinski definition) is 6. The second kappa shape index (κ2) is 13.9. The van der Waals surface area contributed by atoms with Crippen molar-refractivity contribution in [1.82, 2.24) is 29.7 Å². The molecule has 240 valence electrons. The van der Waals surface area contributed by atoms with Crippen LogP contribution in [0.15, 0.2) is 54.7 Å². The molecule has 0 unspecified atom stereocenters. The molecule has 11 heteroatoms. The number of benzene rings is 2. The van der Waals surface area contributed by atoms with Gasteiger partial charge in [-0.2, -0.15) is 0 Å². The van der Waals surface area contributed by atoms with Crippen molar-refractivity contribution in [1.29, 1.82) is 0 Å². The van der Waals surface area contributed by atoms with E-state index in [1.54, 1.807) is 9.58 Å². The van der Waals surface area contributed by atoms with Crippen molar-refractivity contribution in [3.05, 3.63) is 81.6 Å². The number of aryl methyl sites for hydroxylation is 1. The van der Waals surface area contributed by atoms with Gasteiger partial charge in [0.25, 0.3) is 0 Å². The Bertz CT molecular complexity index is 1550. The Hall–Kier alpha value is -3.40. The Morgan fingerprint density at radius 2 is 1.73 bits per heavy atom. The highest BCUT2D eigenvalue weighted by atomic mass is 35.5. The van der Waals surface area contributed by atoms with Gasteiger partial charge < -0.3 is 14.5 Å². The molecule has 0 N–H and O–H groups in total. The predicted molar refractivity (Wildman–Crippen MR) is 178 cm³/mol. The van der Waals surface area contributed by atoms with Crippen LogP contribution in [0.25, 0.3) is 11.3 Å². The second-order valence-electron chi connectivity index (χ2n) is 13.0. The van der Waals surface area contributed by atoms with Crippen LogP contribution < -0.4 is 0 Å². The molecular formula is C34H42Cl2N6O3. The largest absolute Gasteiger partial charge is 0.444 e. The van der Waals surface area contributed by atoms with E-state index in [9.17, 15) is 9.59 Å². The summed E-state index contributed by atoms with van der Waals surface area (Å²) >= 11 is 12.3. The molecule has 2 aliphatic rings. The smallest absolute Gasteiger partial charge is 0.410 e. The van der Waals surface area contributed by atoms with Crippen LogP contribution in [0, 0.1) is 0 Å². The molecule has 5 rings (SSSR count). The SMILES string of the molecule is C[C@@H]1CN(C(=O)OC(C)(C)C)C[C@H](C)N1Cc1cn(-c2ccccc2CCC(=O)N2CC=C(c3ccc(Cl)c(Cl)c3)CC2)nn1. The third kappa shape index (κ3) is 8.26. The van der Waals surface area contributed by atoms with Crippen molar-refractivity contribution in [3.63, 3.8) is 0 Å². The standard InChI is InChI=1S/C34H42Cl2N6O3/c1-23-19-40(33(44)45-34(3,4)5)20-24(2)41(23)21-28-22-42(38-37-28)31-9-7-6-8-26(31)11-13-32(43)39-16-14-25(15-17-39)27-10-12-29(35)30(36)18-27/h6-10,12,14,18,22-24H,11,13,15-17,19-21H2,1-5H3/t23-,24+. The molecule has 3 aromatic rings. The molecule has 0 aliphatic carbocycles. The zero-order valence-electron chi connectivity index (χ0n) is 26.7. The van der Waals surface area contributed by atoms with E-state index in [2.05, 4.69) is 35.1 Å². The van der Waals surface area contributed by atoms with Gasteiger partial charge in [0.1, 0.15) is 5.60 Å². The molecule has 0 spiro atoms. The number of halogens is 2. The number of carbonyl (C=O) groups excluding carboxylic acids is 2. The first-order valence-corrected chi connectivity index (χ1v) is 16.3. The molecule has 0 radical (unpaired) electrons. The maximum absolute atomic E-state index is 13.2. The lowest BCUT2D eigenvalue weighted by molar-refractivity contribution is -0.130. The van der Waals surface area contributed by atoms with Crippen LogP contribution >= 0.6 is 23.2 Å². The average molecular weight is 654 g/mol. The summed E-state index contributed by atoms with van der Waals surface area (Å²) in [4.78, 5) is 31.9. The van der Waals surface area contributed by atoms with Gasteiger partial charge in [0.05, 0.1) is 27.6 Å².